The molecule has 4 N–H and O–H groups in total. The zero-order valence-corrected chi connectivity index (χ0v) is 11.7. The second kappa shape index (κ2) is 8.08. The summed E-state index contributed by atoms with van der Waals surface area (Å²) in [6.45, 7) is 3.81. The van der Waals surface area contributed by atoms with E-state index in [0.717, 1.165) is 0 Å². The first-order valence-corrected chi connectivity index (χ1v) is 7.34. The van der Waals surface area contributed by atoms with Gasteiger partial charge >= 0.3 is 11.9 Å². The van der Waals surface area contributed by atoms with Crippen LogP contribution in [0.3, 0.4) is 0 Å². The van der Waals surface area contributed by atoms with E-state index in [0.29, 0.717) is 0 Å². The lowest BCUT2D eigenvalue weighted by atomic mass is 10.1. The summed E-state index contributed by atoms with van der Waals surface area (Å²) in [6, 6.07) is -1.33. The van der Waals surface area contributed by atoms with Gasteiger partial charge in [-0.1, -0.05) is 13.8 Å². The van der Waals surface area contributed by atoms with Crippen molar-refractivity contribution in [3.63, 3.8) is 0 Å². The lowest BCUT2D eigenvalue weighted by Gasteiger charge is -2.15. The first kappa shape index (κ1) is 17.8. The van der Waals surface area contributed by atoms with E-state index in [9.17, 15) is 18.0 Å². The molecule has 0 aromatic rings. The molecular weight excluding hydrogens is 276 g/mol. The van der Waals surface area contributed by atoms with Gasteiger partial charge in [0.1, 0.15) is 6.04 Å². The van der Waals surface area contributed by atoms with Crippen LogP contribution in [0.4, 0.5) is 0 Å². The van der Waals surface area contributed by atoms with Gasteiger partial charge in [-0.15, -0.1) is 0 Å². The lowest BCUT2D eigenvalue weighted by Crippen LogP contribution is -2.47. The molecule has 0 rings (SSSR count). The molecule has 0 aromatic carbocycles. The number of hydrogen-bond donors (Lipinski definition) is 4. The van der Waals surface area contributed by atoms with Crippen LogP contribution in [0.5, 0.6) is 0 Å². The van der Waals surface area contributed by atoms with Crippen molar-refractivity contribution in [3.05, 3.63) is 0 Å². The summed E-state index contributed by atoms with van der Waals surface area (Å²) < 4.78 is 27.3. The Kier molecular flexibility index (Phi) is 7.57. The van der Waals surface area contributed by atoms with Crippen LogP contribution in [0.1, 0.15) is 33.1 Å². The largest absolute Gasteiger partial charge is 0.481 e. The van der Waals surface area contributed by atoms with Crippen LogP contribution in [-0.2, 0) is 19.8 Å². The number of hydrogen-bond acceptors (Lipinski definition) is 4. The highest BCUT2D eigenvalue weighted by molar-refractivity contribution is 7.87. The van der Waals surface area contributed by atoms with Gasteiger partial charge in [0.05, 0.1) is 0 Å². The topological polar surface area (TPSA) is 133 Å². The molecule has 0 radical (unpaired) electrons. The minimum Gasteiger partial charge on any atom is -0.481 e. The molecule has 0 aliphatic carbocycles. The molecule has 0 saturated heterocycles. The molecule has 0 amide bonds. The summed E-state index contributed by atoms with van der Waals surface area (Å²) in [5.74, 6) is -2.29. The van der Waals surface area contributed by atoms with E-state index < -0.39 is 28.2 Å². The fraction of sp³-hybridized carbons (Fsp3) is 0.800. The molecule has 0 saturated carbocycles. The smallest absolute Gasteiger partial charge is 0.321 e. The van der Waals surface area contributed by atoms with Gasteiger partial charge in [-0.05, 0) is 18.8 Å². The minimum atomic E-state index is -3.90. The van der Waals surface area contributed by atoms with Crippen molar-refractivity contribution in [2.24, 2.45) is 5.92 Å². The van der Waals surface area contributed by atoms with Gasteiger partial charge in [0.25, 0.3) is 10.2 Å². The Bertz CT molecular complexity index is 406. The summed E-state index contributed by atoms with van der Waals surface area (Å²) in [6.07, 6.45) is -0.200. The van der Waals surface area contributed by atoms with E-state index in [1.807, 2.05) is 18.6 Å². The molecule has 0 fully saturated rings. The normalized spacial score (nSPS) is 13.4. The van der Waals surface area contributed by atoms with Crippen LogP contribution < -0.4 is 9.44 Å². The highest BCUT2D eigenvalue weighted by Crippen LogP contribution is 2.03. The van der Waals surface area contributed by atoms with E-state index >= 15 is 0 Å². The van der Waals surface area contributed by atoms with Crippen molar-refractivity contribution in [3.8, 4) is 0 Å². The van der Waals surface area contributed by atoms with Crippen molar-refractivity contribution in [2.75, 3.05) is 6.54 Å². The number of rotatable bonds is 10. The molecule has 0 unspecified atom stereocenters. The zero-order valence-electron chi connectivity index (χ0n) is 10.9. The highest BCUT2D eigenvalue weighted by Gasteiger charge is 2.23. The quantitative estimate of drug-likeness (QED) is 0.440. The molecule has 0 aromatic heterocycles. The third kappa shape index (κ3) is 9.40. The third-order valence-electron chi connectivity index (χ3n) is 2.16. The predicted octanol–water partition coefficient (Wildman–Crippen LogP) is -0.225. The molecule has 1 atom stereocenters. The van der Waals surface area contributed by atoms with Gasteiger partial charge in [0.2, 0.25) is 0 Å². The van der Waals surface area contributed by atoms with E-state index in [2.05, 4.69) is 4.72 Å². The minimum absolute atomic E-state index is 0.0791. The fourth-order valence-corrected chi connectivity index (χ4v) is 2.42. The van der Waals surface area contributed by atoms with Gasteiger partial charge < -0.3 is 10.2 Å². The molecule has 112 valence electrons. The highest BCUT2D eigenvalue weighted by atomic mass is 32.2. The average Bonchev–Trinajstić information content (AvgIpc) is 2.24. The number of carboxylic acid groups (broad SMARTS) is 2. The van der Waals surface area contributed by atoms with E-state index in [1.54, 1.807) is 0 Å². The van der Waals surface area contributed by atoms with Crippen molar-refractivity contribution in [1.29, 1.82) is 0 Å². The van der Waals surface area contributed by atoms with Gasteiger partial charge in [-0.3, -0.25) is 9.59 Å². The standard InChI is InChI=1S/C10H20N2O6S/c1-7(2)6-11-19(17,18)12-8(10(15)16)4-3-5-9(13)14/h7-8,11-12H,3-6H2,1-2H3,(H,13,14)(H,15,16)/t8-/m1/s1. The Morgan fingerprint density at radius 3 is 2.21 bits per heavy atom. The SMILES string of the molecule is CC(C)CNS(=O)(=O)N[C@H](CCCC(=O)O)C(=O)O. The van der Waals surface area contributed by atoms with Gasteiger partial charge in [0.15, 0.2) is 0 Å². The predicted molar refractivity (Wildman–Crippen MR) is 67.8 cm³/mol. The molecule has 0 heterocycles. The van der Waals surface area contributed by atoms with Gasteiger partial charge in [-0.2, -0.15) is 13.1 Å². The first-order valence-electron chi connectivity index (χ1n) is 5.85. The van der Waals surface area contributed by atoms with Gasteiger partial charge in [0, 0.05) is 13.0 Å². The average molecular weight is 296 g/mol. The maximum absolute atomic E-state index is 11.5. The van der Waals surface area contributed by atoms with Crippen molar-refractivity contribution >= 4 is 22.1 Å². The summed E-state index contributed by atoms with van der Waals surface area (Å²) >= 11 is 0. The summed E-state index contributed by atoms with van der Waals surface area (Å²) in [5, 5.41) is 17.3. The Balaban J connectivity index is 4.40. The number of aliphatic carboxylic acids is 2. The maximum Gasteiger partial charge on any atom is 0.321 e. The molecule has 0 spiro atoms. The summed E-state index contributed by atoms with van der Waals surface area (Å²) in [7, 11) is -3.90. The van der Waals surface area contributed by atoms with Crippen LogP contribution in [0.15, 0.2) is 0 Å². The number of carbonyl (C=O) groups is 2. The fourth-order valence-electron chi connectivity index (χ4n) is 1.20. The molecule has 19 heavy (non-hydrogen) atoms. The Morgan fingerprint density at radius 1 is 1.21 bits per heavy atom. The zero-order chi connectivity index (χ0) is 15.1. The van der Waals surface area contributed by atoms with Crippen LogP contribution >= 0.6 is 0 Å². The molecule has 8 nitrogen and oxygen atoms in total. The monoisotopic (exact) mass is 296 g/mol. The maximum atomic E-state index is 11.5. The van der Waals surface area contributed by atoms with Crippen molar-refractivity contribution in [1.82, 2.24) is 9.44 Å². The molecule has 0 aliphatic rings. The summed E-state index contributed by atoms with van der Waals surface area (Å²) in [5.41, 5.74) is 0. The van der Waals surface area contributed by atoms with E-state index in [-0.39, 0.29) is 31.7 Å². The molecule has 0 bridgehead atoms. The van der Waals surface area contributed by atoms with E-state index in [1.165, 1.54) is 0 Å². The molecular formula is C10H20N2O6S. The van der Waals surface area contributed by atoms with Crippen molar-refractivity contribution < 1.29 is 28.2 Å². The van der Waals surface area contributed by atoms with Crippen LogP contribution in [0, 0.1) is 5.92 Å². The second-order valence-corrected chi connectivity index (χ2v) is 6.07. The van der Waals surface area contributed by atoms with E-state index in [4.69, 9.17) is 10.2 Å². The Hall–Kier alpha value is -1.19. The third-order valence-corrected chi connectivity index (χ3v) is 3.30. The Morgan fingerprint density at radius 2 is 1.79 bits per heavy atom. The van der Waals surface area contributed by atoms with Crippen molar-refractivity contribution in [2.45, 2.75) is 39.2 Å². The summed E-state index contributed by atoms with van der Waals surface area (Å²) in [4.78, 5) is 21.2. The molecule has 0 aliphatic heterocycles. The second-order valence-electron chi connectivity index (χ2n) is 4.54. The first-order chi connectivity index (χ1) is 8.64. The number of carboxylic acids is 2. The van der Waals surface area contributed by atoms with Crippen LogP contribution in [0.25, 0.3) is 0 Å². The lowest BCUT2D eigenvalue weighted by molar-refractivity contribution is -0.140. The Labute approximate surface area is 112 Å². The van der Waals surface area contributed by atoms with Gasteiger partial charge in [-0.25, -0.2) is 4.72 Å². The number of nitrogens with one attached hydrogen (secondary N) is 2. The van der Waals surface area contributed by atoms with Crippen LogP contribution in [0.2, 0.25) is 0 Å². The van der Waals surface area contributed by atoms with Crippen LogP contribution in [-0.4, -0.2) is 43.2 Å². The molecule has 9 heteroatoms.